The maximum absolute atomic E-state index is 12.6. The van der Waals surface area contributed by atoms with Crippen LogP contribution in [-0.4, -0.2) is 19.9 Å². The first-order valence-electron chi connectivity index (χ1n) is 9.00. The average molecular weight is 408 g/mol. The predicted octanol–water partition coefficient (Wildman–Crippen LogP) is 4.45. The minimum Gasteiger partial charge on any atom is -0.366 e. The van der Waals surface area contributed by atoms with Gasteiger partial charge in [0.15, 0.2) is 0 Å². The van der Waals surface area contributed by atoms with Crippen LogP contribution in [0.1, 0.15) is 27.9 Å². The second kappa shape index (κ2) is 7.83. The van der Waals surface area contributed by atoms with E-state index in [0.717, 1.165) is 22.6 Å². The van der Waals surface area contributed by atoms with Crippen molar-refractivity contribution in [2.24, 2.45) is 0 Å². The van der Waals surface area contributed by atoms with E-state index in [1.165, 1.54) is 12.3 Å². The third-order valence-corrected chi connectivity index (χ3v) is 4.58. The largest absolute Gasteiger partial charge is 0.433 e. The molecule has 0 aliphatic carbocycles. The Kier molecular flexibility index (Phi) is 5.06. The van der Waals surface area contributed by atoms with Gasteiger partial charge in [-0.15, -0.1) is 0 Å². The van der Waals surface area contributed by atoms with E-state index in [-0.39, 0.29) is 0 Å². The maximum atomic E-state index is 12.6. The van der Waals surface area contributed by atoms with Crippen molar-refractivity contribution in [2.45, 2.75) is 19.1 Å². The number of fused-ring (bicyclic) bond motifs is 1. The fourth-order valence-corrected chi connectivity index (χ4v) is 3.10. The van der Waals surface area contributed by atoms with Crippen molar-refractivity contribution < 1.29 is 13.2 Å². The molecule has 9 heteroatoms. The number of nitrogens with zero attached hydrogens (tertiary/aromatic N) is 4. The zero-order chi connectivity index (χ0) is 21.1. The van der Waals surface area contributed by atoms with Gasteiger partial charge in [-0.05, 0) is 34.9 Å². The summed E-state index contributed by atoms with van der Waals surface area (Å²) in [5, 5.41) is 13.2. The average Bonchev–Trinajstić information content (AvgIpc) is 3.16. The molecule has 0 bridgehead atoms. The number of aromatic nitrogens is 4. The Bertz CT molecular complexity index is 1200. The standard InChI is InChI=1S/C21H15F3N6/c22-21(23,24)17-3-1-14(10-27-17)11-29-18-4-2-13(9-28-18)7-16-12-30-20-19(16)15(8-25)5-6-26-20/h1-6,9-10,12H,7,11H2,(H,26,30)(H,28,29). The molecule has 0 radical (unpaired) electrons. The maximum Gasteiger partial charge on any atom is 0.433 e. The van der Waals surface area contributed by atoms with E-state index in [2.05, 4.69) is 31.3 Å². The van der Waals surface area contributed by atoms with Gasteiger partial charge in [0.25, 0.3) is 0 Å². The van der Waals surface area contributed by atoms with Gasteiger partial charge in [0, 0.05) is 43.1 Å². The molecule has 4 aromatic heterocycles. The Hall–Kier alpha value is -3.93. The molecule has 0 saturated heterocycles. The van der Waals surface area contributed by atoms with Crippen LogP contribution >= 0.6 is 0 Å². The van der Waals surface area contributed by atoms with Gasteiger partial charge in [0.1, 0.15) is 17.2 Å². The van der Waals surface area contributed by atoms with Gasteiger partial charge in [-0.3, -0.25) is 4.98 Å². The number of rotatable bonds is 5. The number of pyridine rings is 3. The van der Waals surface area contributed by atoms with Gasteiger partial charge in [-0.2, -0.15) is 18.4 Å². The van der Waals surface area contributed by atoms with E-state index in [0.29, 0.717) is 35.6 Å². The van der Waals surface area contributed by atoms with Crippen molar-refractivity contribution in [1.82, 2.24) is 19.9 Å². The third kappa shape index (κ3) is 4.07. The Morgan fingerprint density at radius 2 is 1.80 bits per heavy atom. The lowest BCUT2D eigenvalue weighted by molar-refractivity contribution is -0.141. The summed E-state index contributed by atoms with van der Waals surface area (Å²) in [6.45, 7) is 0.303. The first-order valence-corrected chi connectivity index (χ1v) is 9.00. The van der Waals surface area contributed by atoms with Crippen LogP contribution < -0.4 is 5.32 Å². The van der Waals surface area contributed by atoms with Crippen molar-refractivity contribution in [3.63, 3.8) is 0 Å². The van der Waals surface area contributed by atoms with Gasteiger partial charge in [0.2, 0.25) is 0 Å². The van der Waals surface area contributed by atoms with Crippen LogP contribution in [0.4, 0.5) is 19.0 Å². The van der Waals surface area contributed by atoms with Crippen molar-refractivity contribution in [3.8, 4) is 6.07 Å². The molecule has 0 aliphatic heterocycles. The number of nitriles is 1. The molecule has 30 heavy (non-hydrogen) atoms. The highest BCUT2D eigenvalue weighted by atomic mass is 19.4. The summed E-state index contributed by atoms with van der Waals surface area (Å²) >= 11 is 0. The molecule has 0 saturated carbocycles. The van der Waals surface area contributed by atoms with Crippen LogP contribution in [-0.2, 0) is 19.1 Å². The third-order valence-electron chi connectivity index (χ3n) is 4.58. The Morgan fingerprint density at radius 1 is 1.00 bits per heavy atom. The van der Waals surface area contributed by atoms with Crippen LogP contribution in [0.2, 0.25) is 0 Å². The summed E-state index contributed by atoms with van der Waals surface area (Å²) in [5.41, 5.74) is 2.83. The number of hydrogen-bond donors (Lipinski definition) is 2. The second-order valence-electron chi connectivity index (χ2n) is 6.64. The minimum atomic E-state index is -4.45. The second-order valence-corrected chi connectivity index (χ2v) is 6.64. The number of aromatic amines is 1. The first-order chi connectivity index (χ1) is 14.4. The van der Waals surface area contributed by atoms with Gasteiger partial charge in [-0.25, -0.2) is 9.97 Å². The lowest BCUT2D eigenvalue weighted by Gasteiger charge is -2.08. The van der Waals surface area contributed by atoms with E-state index in [4.69, 9.17) is 0 Å². The lowest BCUT2D eigenvalue weighted by atomic mass is 10.0. The normalized spacial score (nSPS) is 11.4. The summed E-state index contributed by atoms with van der Waals surface area (Å²) < 4.78 is 37.7. The molecule has 0 atom stereocenters. The summed E-state index contributed by atoms with van der Waals surface area (Å²) in [5.74, 6) is 0.594. The zero-order valence-electron chi connectivity index (χ0n) is 15.5. The summed E-state index contributed by atoms with van der Waals surface area (Å²) in [6.07, 6.45) is 2.48. The highest BCUT2D eigenvalue weighted by molar-refractivity contribution is 5.86. The number of H-pyrrole nitrogens is 1. The van der Waals surface area contributed by atoms with Crippen molar-refractivity contribution in [2.75, 3.05) is 5.32 Å². The van der Waals surface area contributed by atoms with Crippen molar-refractivity contribution >= 4 is 16.9 Å². The van der Waals surface area contributed by atoms with Crippen LogP contribution in [0.15, 0.2) is 55.1 Å². The van der Waals surface area contributed by atoms with Gasteiger partial charge in [-0.1, -0.05) is 12.1 Å². The number of halogens is 3. The molecule has 0 unspecified atom stereocenters. The SMILES string of the molecule is N#Cc1ccnc2[nH]cc(Cc3ccc(NCc4ccc(C(F)(F)F)nc4)nc3)c12. The van der Waals surface area contributed by atoms with Gasteiger partial charge in [0.05, 0.1) is 11.6 Å². The molecular formula is C21H15F3N6. The number of anilines is 1. The van der Waals surface area contributed by atoms with E-state index in [1.807, 2.05) is 12.3 Å². The lowest BCUT2D eigenvalue weighted by Crippen LogP contribution is -2.08. The monoisotopic (exact) mass is 408 g/mol. The summed E-state index contributed by atoms with van der Waals surface area (Å²) in [6, 6.07) is 9.91. The predicted molar refractivity (Wildman–Crippen MR) is 104 cm³/mol. The minimum absolute atomic E-state index is 0.303. The topological polar surface area (TPSA) is 90.3 Å². The van der Waals surface area contributed by atoms with Gasteiger partial charge >= 0.3 is 6.18 Å². The quantitative estimate of drug-likeness (QED) is 0.509. The molecule has 6 nitrogen and oxygen atoms in total. The molecule has 0 aliphatic rings. The molecule has 0 aromatic carbocycles. The van der Waals surface area contributed by atoms with Crippen molar-refractivity contribution in [3.05, 3.63) is 83.1 Å². The molecule has 4 aromatic rings. The van der Waals surface area contributed by atoms with Crippen LogP contribution in [0.3, 0.4) is 0 Å². The fraction of sp³-hybridized carbons (Fsp3) is 0.143. The Balaban J connectivity index is 1.42. The highest BCUT2D eigenvalue weighted by Gasteiger charge is 2.31. The molecule has 2 N–H and O–H groups in total. The van der Waals surface area contributed by atoms with Crippen molar-refractivity contribution in [1.29, 1.82) is 5.26 Å². The first kappa shape index (κ1) is 19.4. The zero-order valence-corrected chi connectivity index (χ0v) is 15.5. The molecule has 0 spiro atoms. The van der Waals surface area contributed by atoms with Crippen LogP contribution in [0, 0.1) is 11.3 Å². The summed E-state index contributed by atoms with van der Waals surface area (Å²) in [4.78, 5) is 15.1. The molecule has 4 rings (SSSR count). The van der Waals surface area contributed by atoms with Crippen LogP contribution in [0.25, 0.3) is 11.0 Å². The Labute approximate surface area is 169 Å². The molecular weight excluding hydrogens is 393 g/mol. The van der Waals surface area contributed by atoms with Crippen LogP contribution in [0.5, 0.6) is 0 Å². The molecule has 4 heterocycles. The van der Waals surface area contributed by atoms with E-state index < -0.39 is 11.9 Å². The van der Waals surface area contributed by atoms with E-state index in [9.17, 15) is 18.4 Å². The van der Waals surface area contributed by atoms with Gasteiger partial charge < -0.3 is 10.3 Å². The molecule has 0 fully saturated rings. The number of hydrogen-bond acceptors (Lipinski definition) is 5. The molecule has 0 amide bonds. The highest BCUT2D eigenvalue weighted by Crippen LogP contribution is 2.27. The smallest absolute Gasteiger partial charge is 0.366 e. The molecule has 150 valence electrons. The summed E-state index contributed by atoms with van der Waals surface area (Å²) in [7, 11) is 0. The number of alkyl halides is 3. The number of nitrogens with one attached hydrogen (secondary N) is 2. The van der Waals surface area contributed by atoms with E-state index in [1.54, 1.807) is 24.5 Å². The van der Waals surface area contributed by atoms with E-state index >= 15 is 0 Å². The fourth-order valence-electron chi connectivity index (χ4n) is 3.10. The Morgan fingerprint density at radius 3 is 2.47 bits per heavy atom.